The fraction of sp³-hybridized carbons (Fsp3) is 0.714. The Bertz CT molecular complexity index is 407. The summed E-state index contributed by atoms with van der Waals surface area (Å²) in [6.45, 7) is -0.185. The molecule has 16 heavy (non-hydrogen) atoms. The predicted octanol–water partition coefficient (Wildman–Crippen LogP) is -1.74. The number of thiol groups is 1. The Balaban J connectivity index is 2.86. The number of nitrogens with two attached hydrogens (primary N) is 1. The highest BCUT2D eigenvalue weighted by atomic mass is 32.2. The first-order valence-electron chi connectivity index (χ1n) is 4.42. The van der Waals surface area contributed by atoms with E-state index in [0.717, 1.165) is 4.90 Å². The van der Waals surface area contributed by atoms with Crippen LogP contribution in [0.15, 0.2) is 0 Å². The maximum Gasteiger partial charge on any atom is 0.327 e. The number of nitrogens with zero attached hydrogens (tertiary/aromatic N) is 1. The molecule has 0 spiro atoms. The maximum absolute atomic E-state index is 11.4. The van der Waals surface area contributed by atoms with Gasteiger partial charge in [0.1, 0.15) is 11.3 Å². The smallest absolute Gasteiger partial charge is 0.327 e. The number of carboxylic acid groups (broad SMARTS) is 1. The van der Waals surface area contributed by atoms with E-state index in [-0.39, 0.29) is 18.7 Å². The van der Waals surface area contributed by atoms with E-state index in [9.17, 15) is 18.0 Å². The minimum absolute atomic E-state index is 0.0710. The number of hydrogen-bond acceptors (Lipinski definition) is 5. The van der Waals surface area contributed by atoms with Crippen LogP contribution in [0.4, 0.5) is 0 Å². The molecule has 2 atom stereocenters. The molecule has 0 aromatic carbocycles. The molecule has 0 radical (unpaired) electrons. The van der Waals surface area contributed by atoms with E-state index in [1.165, 1.54) is 0 Å². The molecule has 1 heterocycles. The molecule has 7 nitrogen and oxygen atoms in total. The van der Waals surface area contributed by atoms with Gasteiger partial charge in [-0.25, -0.2) is 18.4 Å². The third kappa shape index (κ3) is 2.66. The lowest BCUT2D eigenvalue weighted by Crippen LogP contribution is -2.44. The summed E-state index contributed by atoms with van der Waals surface area (Å²) in [5.41, 5.74) is 0. The number of primary sulfonamides is 1. The van der Waals surface area contributed by atoms with Gasteiger partial charge in [0.05, 0.1) is 0 Å². The average Bonchev–Trinajstić information content (AvgIpc) is 2.48. The minimum Gasteiger partial charge on any atom is -0.480 e. The number of carboxylic acids is 1. The topological polar surface area (TPSA) is 118 Å². The molecule has 0 saturated carbocycles. The van der Waals surface area contributed by atoms with Gasteiger partial charge in [-0.2, -0.15) is 12.6 Å². The van der Waals surface area contributed by atoms with Crippen LogP contribution in [0, 0.1) is 0 Å². The summed E-state index contributed by atoms with van der Waals surface area (Å²) in [6, 6.07) is -1.11. The lowest BCUT2D eigenvalue weighted by Gasteiger charge is -2.22. The number of amides is 1. The summed E-state index contributed by atoms with van der Waals surface area (Å²) in [4.78, 5) is 23.2. The molecule has 0 aliphatic carbocycles. The van der Waals surface area contributed by atoms with E-state index < -0.39 is 33.2 Å². The quantitative estimate of drug-likeness (QED) is 0.523. The molecule has 3 N–H and O–H groups in total. The Morgan fingerprint density at radius 1 is 1.69 bits per heavy atom. The third-order valence-corrected chi connectivity index (χ3v) is 4.01. The summed E-state index contributed by atoms with van der Waals surface area (Å²) in [5, 5.41) is 12.7. The van der Waals surface area contributed by atoms with Crippen LogP contribution in [0.25, 0.3) is 0 Å². The van der Waals surface area contributed by atoms with Gasteiger partial charge >= 0.3 is 5.97 Å². The van der Waals surface area contributed by atoms with Gasteiger partial charge in [0.25, 0.3) is 0 Å². The average molecular weight is 268 g/mol. The van der Waals surface area contributed by atoms with Crippen LogP contribution < -0.4 is 5.14 Å². The normalized spacial score (nSPS) is 23.5. The van der Waals surface area contributed by atoms with Crippen molar-refractivity contribution in [1.82, 2.24) is 4.90 Å². The molecular formula is C7H12N2O5S2. The molecule has 0 bridgehead atoms. The van der Waals surface area contributed by atoms with Crippen LogP contribution >= 0.6 is 12.6 Å². The maximum atomic E-state index is 11.4. The predicted molar refractivity (Wildman–Crippen MR) is 58.5 cm³/mol. The van der Waals surface area contributed by atoms with Crippen molar-refractivity contribution in [2.45, 2.75) is 17.7 Å². The van der Waals surface area contributed by atoms with Crippen molar-refractivity contribution >= 4 is 34.5 Å². The molecule has 1 aliphatic rings. The van der Waals surface area contributed by atoms with Gasteiger partial charge in [0, 0.05) is 18.7 Å². The molecule has 1 amide bonds. The van der Waals surface area contributed by atoms with Gasteiger partial charge in [0.15, 0.2) is 0 Å². The Morgan fingerprint density at radius 2 is 2.25 bits per heavy atom. The summed E-state index contributed by atoms with van der Waals surface area (Å²) in [6.07, 6.45) is -0.267. The summed E-state index contributed by atoms with van der Waals surface area (Å²) >= 11 is 3.82. The van der Waals surface area contributed by atoms with Crippen molar-refractivity contribution in [2.75, 3.05) is 12.3 Å². The van der Waals surface area contributed by atoms with Gasteiger partial charge in [-0.1, -0.05) is 0 Å². The number of aliphatic carboxylic acids is 1. The van der Waals surface area contributed by atoms with Crippen molar-refractivity contribution < 1.29 is 23.1 Å². The summed E-state index contributed by atoms with van der Waals surface area (Å²) < 4.78 is 22.1. The lowest BCUT2D eigenvalue weighted by molar-refractivity contribution is -0.147. The van der Waals surface area contributed by atoms with Crippen LogP contribution in [0.5, 0.6) is 0 Å². The molecule has 0 aromatic rings. The van der Waals surface area contributed by atoms with Crippen LogP contribution in [0.1, 0.15) is 6.42 Å². The molecule has 9 heteroatoms. The van der Waals surface area contributed by atoms with E-state index in [0.29, 0.717) is 0 Å². The van der Waals surface area contributed by atoms with Crippen molar-refractivity contribution in [3.63, 3.8) is 0 Å². The fourth-order valence-electron chi connectivity index (χ4n) is 1.53. The highest BCUT2D eigenvalue weighted by molar-refractivity contribution is 7.89. The number of rotatable bonds is 4. The molecule has 1 fully saturated rings. The zero-order chi connectivity index (χ0) is 12.5. The van der Waals surface area contributed by atoms with E-state index in [1.807, 2.05) is 0 Å². The first-order valence-corrected chi connectivity index (χ1v) is 6.66. The standard InChI is InChI=1S/C7H12N2O5S2/c8-16(13,14)4-1-6(10)9(2-4)5(3-15)7(11)12/h4-5,15H,1-3H2,(H,11,12)(H2,8,13,14)/t4?,5-/m0/s1. The third-order valence-electron chi connectivity index (χ3n) is 2.42. The first-order chi connectivity index (χ1) is 7.27. The van der Waals surface area contributed by atoms with Gasteiger partial charge in [-0.3, -0.25) is 4.79 Å². The second-order valence-electron chi connectivity index (χ2n) is 3.50. The van der Waals surface area contributed by atoms with Crippen LogP contribution in [0.2, 0.25) is 0 Å². The van der Waals surface area contributed by atoms with E-state index in [2.05, 4.69) is 12.6 Å². The fourth-order valence-corrected chi connectivity index (χ4v) is 2.63. The zero-order valence-corrected chi connectivity index (χ0v) is 9.95. The summed E-state index contributed by atoms with van der Waals surface area (Å²) in [7, 11) is -3.82. The molecule has 1 aliphatic heterocycles. The largest absolute Gasteiger partial charge is 0.480 e. The molecule has 0 aromatic heterocycles. The zero-order valence-electron chi connectivity index (χ0n) is 8.24. The number of sulfonamides is 1. The number of carbonyl (C=O) groups excluding carboxylic acids is 1. The van der Waals surface area contributed by atoms with Crippen molar-refractivity contribution in [2.24, 2.45) is 5.14 Å². The second kappa shape index (κ2) is 4.60. The van der Waals surface area contributed by atoms with E-state index >= 15 is 0 Å². The van der Waals surface area contributed by atoms with Gasteiger partial charge < -0.3 is 10.0 Å². The Labute approximate surface area is 98.1 Å². The SMILES string of the molecule is NS(=O)(=O)C1CC(=O)N([C@@H](CS)C(=O)O)C1. The number of likely N-dealkylation sites (tertiary alicyclic amines) is 1. The van der Waals surface area contributed by atoms with E-state index in [4.69, 9.17) is 10.2 Å². The van der Waals surface area contributed by atoms with E-state index in [1.54, 1.807) is 0 Å². The van der Waals surface area contributed by atoms with Crippen molar-refractivity contribution in [1.29, 1.82) is 0 Å². The molecule has 1 unspecified atom stereocenters. The second-order valence-corrected chi connectivity index (χ2v) is 5.71. The highest BCUT2D eigenvalue weighted by Gasteiger charge is 2.41. The van der Waals surface area contributed by atoms with Gasteiger partial charge in [-0.15, -0.1) is 0 Å². The Morgan fingerprint density at radius 3 is 2.56 bits per heavy atom. The van der Waals surface area contributed by atoms with Crippen molar-refractivity contribution in [3.05, 3.63) is 0 Å². The monoisotopic (exact) mass is 268 g/mol. The van der Waals surface area contributed by atoms with Crippen LogP contribution in [0.3, 0.4) is 0 Å². The summed E-state index contributed by atoms with van der Waals surface area (Å²) in [5.74, 6) is -1.81. The molecule has 1 rings (SSSR count). The molecule has 1 saturated heterocycles. The van der Waals surface area contributed by atoms with Crippen molar-refractivity contribution in [3.8, 4) is 0 Å². The minimum atomic E-state index is -3.82. The lowest BCUT2D eigenvalue weighted by atomic mass is 10.3. The van der Waals surface area contributed by atoms with Crippen LogP contribution in [-0.2, 0) is 19.6 Å². The first kappa shape index (κ1) is 13.3. The van der Waals surface area contributed by atoms with Gasteiger partial charge in [-0.05, 0) is 0 Å². The van der Waals surface area contributed by atoms with Crippen LogP contribution in [-0.4, -0.2) is 53.9 Å². The molecule has 92 valence electrons. The number of hydrogen-bond donors (Lipinski definition) is 3. The molecular weight excluding hydrogens is 256 g/mol. The van der Waals surface area contributed by atoms with Gasteiger partial charge in [0.2, 0.25) is 15.9 Å². The Kier molecular flexibility index (Phi) is 3.81. The number of carbonyl (C=O) groups is 2. The Hall–Kier alpha value is -0.800. The highest BCUT2D eigenvalue weighted by Crippen LogP contribution is 2.19.